The van der Waals surface area contributed by atoms with Gasteiger partial charge in [-0.15, -0.1) is 0 Å². The summed E-state index contributed by atoms with van der Waals surface area (Å²) in [6.07, 6.45) is -1.26. The first-order valence-electron chi connectivity index (χ1n) is 14.5. The normalized spacial score (nSPS) is 26.1. The highest BCUT2D eigenvalue weighted by Crippen LogP contribution is 2.59. The average Bonchev–Trinajstić information content (AvgIpc) is 3.60. The van der Waals surface area contributed by atoms with E-state index in [1.54, 1.807) is 11.7 Å². The van der Waals surface area contributed by atoms with Crippen LogP contribution in [0, 0.1) is 0 Å². The first kappa shape index (κ1) is 30.8. The molecule has 2 N–H and O–H groups in total. The van der Waals surface area contributed by atoms with Gasteiger partial charge in [0.2, 0.25) is 11.8 Å². The van der Waals surface area contributed by atoms with Gasteiger partial charge >= 0.3 is 0 Å². The SMILES string of the molecule is COc1ccc(C(Nc2nc(OC)c3ncn([C@@H]4O[C@@H]5CO[P+]([O-])([S-])O[C@H]5[C@@]4(C)O)c3n2)(c2ccccc2)c2ccccc2)cc1. The standard InChI is InChI=1S/C32H32N5O7PS/c1-31(38)26-24(18-42-45(39,46)44-26)43-29(31)37-19-33-25-27(37)34-30(35-28(25)41-3)36-32(20-10-6-4-7-11-20,21-12-8-5-9-13-21)22-14-16-23(40-2)17-15-22/h4-17,19,24,26,29,38H,18H2,1-3H3,(H,39,46)(H,34,35,36)/p-1/t24-,26-,29-,31-,45?/m1/s1. The van der Waals surface area contributed by atoms with Crippen molar-refractivity contribution in [2.45, 2.75) is 36.5 Å². The van der Waals surface area contributed by atoms with Crippen LogP contribution in [0.15, 0.2) is 91.3 Å². The quantitative estimate of drug-likeness (QED) is 0.142. The zero-order valence-electron chi connectivity index (χ0n) is 25.1. The first-order chi connectivity index (χ1) is 22.2. The number of nitrogens with one attached hydrogen (secondary N) is 1. The van der Waals surface area contributed by atoms with Crippen LogP contribution in [-0.2, 0) is 31.6 Å². The number of ether oxygens (including phenoxy) is 3. The lowest BCUT2D eigenvalue weighted by Crippen LogP contribution is -2.49. The Kier molecular flexibility index (Phi) is 7.89. The van der Waals surface area contributed by atoms with Crippen LogP contribution >= 0.6 is 7.15 Å². The summed E-state index contributed by atoms with van der Waals surface area (Å²) in [5, 5.41) is 15.3. The second kappa shape index (κ2) is 11.8. The highest BCUT2D eigenvalue weighted by Gasteiger charge is 2.59. The molecule has 2 fully saturated rings. The van der Waals surface area contributed by atoms with Crippen molar-refractivity contribution in [1.29, 1.82) is 0 Å². The molecule has 238 valence electrons. The van der Waals surface area contributed by atoms with Crippen LogP contribution in [0.5, 0.6) is 11.6 Å². The number of hydrogen-bond donors (Lipinski definition) is 2. The van der Waals surface area contributed by atoms with Gasteiger partial charge in [0.1, 0.15) is 36.7 Å². The Morgan fingerprint density at radius 3 is 2.22 bits per heavy atom. The topological polar surface area (TPSA) is 145 Å². The number of aliphatic hydroxyl groups is 1. The molecule has 2 aromatic heterocycles. The molecule has 2 saturated heterocycles. The Balaban J connectivity index is 1.39. The fraction of sp³-hybridized carbons (Fsp3) is 0.281. The van der Waals surface area contributed by atoms with Gasteiger partial charge in [0.25, 0.3) is 0 Å². The van der Waals surface area contributed by atoms with Gasteiger partial charge in [0.05, 0.1) is 20.5 Å². The molecule has 0 saturated carbocycles. The van der Waals surface area contributed by atoms with Crippen molar-refractivity contribution in [2.24, 2.45) is 0 Å². The third-order valence-corrected chi connectivity index (χ3v) is 9.95. The number of anilines is 1. The Morgan fingerprint density at radius 2 is 1.61 bits per heavy atom. The van der Waals surface area contributed by atoms with E-state index in [9.17, 15) is 10.00 Å². The molecule has 0 aliphatic carbocycles. The van der Waals surface area contributed by atoms with Crippen molar-refractivity contribution in [3.05, 3.63) is 108 Å². The Labute approximate surface area is 271 Å². The maximum absolute atomic E-state index is 12.4. The number of fused-ring (bicyclic) bond motifs is 2. The Bertz CT molecular complexity index is 1800. The molecule has 2 aliphatic heterocycles. The van der Waals surface area contributed by atoms with E-state index in [-0.39, 0.29) is 18.4 Å². The van der Waals surface area contributed by atoms with Gasteiger partial charge in [0.15, 0.2) is 23.5 Å². The molecule has 2 aliphatic rings. The molecular formula is C32H31N5O7PS-. The van der Waals surface area contributed by atoms with Crippen LogP contribution in [-0.4, -0.2) is 63.3 Å². The van der Waals surface area contributed by atoms with E-state index in [1.165, 1.54) is 20.4 Å². The average molecular weight is 661 g/mol. The summed E-state index contributed by atoms with van der Waals surface area (Å²) in [6.45, 7) is 1.44. The largest absolute Gasteiger partial charge is 0.648 e. The molecule has 1 unspecified atom stereocenters. The van der Waals surface area contributed by atoms with Gasteiger partial charge in [0, 0.05) is 0 Å². The van der Waals surface area contributed by atoms with E-state index in [4.69, 9.17) is 45.5 Å². The van der Waals surface area contributed by atoms with Crippen LogP contribution in [0.3, 0.4) is 0 Å². The minimum Gasteiger partial charge on any atom is -0.648 e. The summed E-state index contributed by atoms with van der Waals surface area (Å²) in [7, 11) is -0.644. The third-order valence-electron chi connectivity index (χ3n) is 8.43. The number of aromatic nitrogens is 4. The van der Waals surface area contributed by atoms with Crippen LogP contribution < -0.4 is 19.7 Å². The molecular weight excluding hydrogens is 629 g/mol. The lowest BCUT2D eigenvalue weighted by atomic mass is 9.77. The molecule has 0 radical (unpaired) electrons. The van der Waals surface area contributed by atoms with E-state index < -0.39 is 36.7 Å². The predicted molar refractivity (Wildman–Crippen MR) is 171 cm³/mol. The van der Waals surface area contributed by atoms with E-state index in [2.05, 4.69) is 10.3 Å². The van der Waals surface area contributed by atoms with Gasteiger partial charge in [-0.1, -0.05) is 72.8 Å². The summed E-state index contributed by atoms with van der Waals surface area (Å²) in [6, 6.07) is 27.8. The number of methoxy groups -OCH3 is 2. The fourth-order valence-electron chi connectivity index (χ4n) is 6.24. The predicted octanol–water partition coefficient (Wildman–Crippen LogP) is 3.90. The van der Waals surface area contributed by atoms with E-state index in [1.807, 2.05) is 84.9 Å². The smallest absolute Gasteiger partial charge is 0.246 e. The van der Waals surface area contributed by atoms with Gasteiger partial charge in [-0.05, 0) is 35.7 Å². The van der Waals surface area contributed by atoms with Gasteiger partial charge in [-0.2, -0.15) is 9.97 Å². The molecule has 0 bridgehead atoms. The molecule has 0 spiro atoms. The molecule has 4 heterocycles. The number of nitrogens with zero attached hydrogens (tertiary/aromatic N) is 4. The first-order valence-corrected chi connectivity index (χ1v) is 17.1. The second-order valence-corrected chi connectivity index (χ2v) is 13.9. The van der Waals surface area contributed by atoms with Crippen molar-refractivity contribution < 1.29 is 33.3 Å². The van der Waals surface area contributed by atoms with Gasteiger partial charge < -0.3 is 41.8 Å². The van der Waals surface area contributed by atoms with E-state index >= 15 is 0 Å². The fourth-order valence-corrected chi connectivity index (χ4v) is 7.71. The molecule has 3 aromatic carbocycles. The number of benzene rings is 3. The number of rotatable bonds is 8. The summed E-state index contributed by atoms with van der Waals surface area (Å²) in [5.74, 6) is 1.15. The number of imidazole rings is 1. The van der Waals surface area contributed by atoms with E-state index in [0.717, 1.165) is 16.7 Å². The molecule has 0 amide bonds. The van der Waals surface area contributed by atoms with Crippen molar-refractivity contribution >= 4 is 36.5 Å². The second-order valence-electron chi connectivity index (χ2n) is 11.2. The van der Waals surface area contributed by atoms with Crippen molar-refractivity contribution in [3.8, 4) is 11.6 Å². The van der Waals surface area contributed by atoms with Crippen LogP contribution in [0.25, 0.3) is 11.2 Å². The van der Waals surface area contributed by atoms with Crippen LogP contribution in [0.4, 0.5) is 5.95 Å². The monoisotopic (exact) mass is 660 g/mol. The summed E-state index contributed by atoms with van der Waals surface area (Å²) >= 11 is 4.95. The Morgan fingerprint density at radius 1 is 0.978 bits per heavy atom. The Hall–Kier alpha value is -3.81. The highest BCUT2D eigenvalue weighted by molar-refractivity contribution is 8.34. The summed E-state index contributed by atoms with van der Waals surface area (Å²) in [5.41, 5.74) is 0.798. The van der Waals surface area contributed by atoms with Gasteiger partial charge in [-0.3, -0.25) is 4.57 Å². The molecule has 12 nitrogen and oxygen atoms in total. The molecule has 14 heteroatoms. The van der Waals surface area contributed by atoms with Crippen LogP contribution in [0.2, 0.25) is 0 Å². The maximum atomic E-state index is 12.4. The molecule has 46 heavy (non-hydrogen) atoms. The molecule has 5 atom stereocenters. The van der Waals surface area contributed by atoms with Crippen molar-refractivity contribution in [3.63, 3.8) is 0 Å². The molecule has 5 aromatic rings. The zero-order valence-corrected chi connectivity index (χ0v) is 26.9. The number of hydrogen-bond acceptors (Lipinski definition) is 12. The summed E-state index contributed by atoms with van der Waals surface area (Å²) < 4.78 is 29.7. The third kappa shape index (κ3) is 5.18. The lowest BCUT2D eigenvalue weighted by Gasteiger charge is -2.42. The van der Waals surface area contributed by atoms with Gasteiger partial charge in [-0.25, -0.2) is 14.0 Å². The van der Waals surface area contributed by atoms with E-state index in [0.29, 0.717) is 16.9 Å². The van der Waals surface area contributed by atoms with Crippen molar-refractivity contribution in [1.82, 2.24) is 19.5 Å². The zero-order chi connectivity index (χ0) is 32.1. The van der Waals surface area contributed by atoms with Crippen molar-refractivity contribution in [2.75, 3.05) is 26.1 Å². The summed E-state index contributed by atoms with van der Waals surface area (Å²) in [4.78, 5) is 26.6. The highest BCUT2D eigenvalue weighted by atomic mass is 32.7. The lowest BCUT2D eigenvalue weighted by molar-refractivity contribution is -0.232. The maximum Gasteiger partial charge on any atom is 0.246 e. The molecule has 7 rings (SSSR count). The minimum absolute atomic E-state index is 0.0889. The minimum atomic E-state index is -3.77. The van der Waals surface area contributed by atoms with Crippen LogP contribution in [0.1, 0.15) is 29.8 Å².